The number of carbonyl (C=O) groups is 1. The Morgan fingerprint density at radius 3 is 2.92 bits per heavy atom. The van der Waals surface area contributed by atoms with E-state index in [-0.39, 0.29) is 10.7 Å². The molecule has 0 aliphatic heterocycles. The van der Waals surface area contributed by atoms with Crippen LogP contribution in [0.5, 0.6) is 0 Å². The number of carbonyl (C=O) groups excluding carboxylic acids is 1. The van der Waals surface area contributed by atoms with Crippen LogP contribution in [0.2, 0.25) is 0 Å². The van der Waals surface area contributed by atoms with Crippen molar-refractivity contribution >= 4 is 23.9 Å². The molecule has 6 nitrogen and oxygen atoms in total. The van der Waals surface area contributed by atoms with E-state index in [4.69, 9.17) is 12.2 Å². The maximum Gasteiger partial charge on any atom is 0.235 e. The summed E-state index contributed by atoms with van der Waals surface area (Å²) in [6.45, 7) is 3.13. The lowest BCUT2D eigenvalue weighted by Crippen LogP contribution is -2.27. The first-order valence-electron chi connectivity index (χ1n) is 3.55. The number of aromatic nitrogens is 3. The molecule has 13 heavy (non-hydrogen) atoms. The molecule has 0 aliphatic carbocycles. The zero-order chi connectivity index (χ0) is 9.84. The largest absolute Gasteiger partial charge is 0.280 e. The molecule has 0 aliphatic rings. The molecule has 0 fully saturated rings. The van der Waals surface area contributed by atoms with Crippen LogP contribution in [0.4, 0.5) is 5.82 Å². The number of amides is 1. The lowest BCUT2D eigenvalue weighted by molar-refractivity contribution is -0.118. The van der Waals surface area contributed by atoms with E-state index in [9.17, 15) is 4.79 Å². The van der Waals surface area contributed by atoms with E-state index >= 15 is 0 Å². The predicted molar refractivity (Wildman–Crippen MR) is 49.4 cm³/mol. The molecule has 0 spiro atoms. The van der Waals surface area contributed by atoms with Crippen LogP contribution < -0.4 is 10.9 Å². The number of H-pyrrole nitrogens is 1. The van der Waals surface area contributed by atoms with Crippen molar-refractivity contribution in [2.75, 3.05) is 5.43 Å². The molecule has 1 aromatic rings. The molecule has 0 bridgehead atoms. The number of hydrogen-bond acceptors (Lipinski definition) is 5. The quantitative estimate of drug-likeness (QED) is 0.471. The molecule has 0 saturated carbocycles. The molecule has 1 amide bonds. The van der Waals surface area contributed by atoms with E-state index in [0.29, 0.717) is 11.5 Å². The first-order valence-corrected chi connectivity index (χ1v) is 3.96. The Balaban J connectivity index is 2.81. The van der Waals surface area contributed by atoms with E-state index in [1.165, 1.54) is 6.92 Å². The summed E-state index contributed by atoms with van der Waals surface area (Å²) in [7, 11) is 0. The summed E-state index contributed by atoms with van der Waals surface area (Å²) in [5, 5.41) is 6.38. The zero-order valence-electron chi connectivity index (χ0n) is 7.21. The molecule has 1 aromatic heterocycles. The Morgan fingerprint density at radius 2 is 2.31 bits per heavy atom. The Hall–Kier alpha value is -1.50. The number of aryl methyl sites for hydroxylation is 1. The van der Waals surface area contributed by atoms with Crippen LogP contribution in [0.15, 0.2) is 0 Å². The van der Waals surface area contributed by atoms with Gasteiger partial charge in [0.25, 0.3) is 0 Å². The van der Waals surface area contributed by atoms with Gasteiger partial charge in [-0.2, -0.15) is 10.1 Å². The lowest BCUT2D eigenvalue weighted by atomic mass is 10.5. The van der Waals surface area contributed by atoms with Gasteiger partial charge in [-0.05, 0) is 19.1 Å². The second-order valence-corrected chi connectivity index (χ2v) is 2.77. The average molecular weight is 199 g/mol. The highest BCUT2D eigenvalue weighted by Crippen LogP contribution is 2.02. The number of hydrogen-bond donors (Lipinski definition) is 3. The van der Waals surface area contributed by atoms with Gasteiger partial charge in [-0.1, -0.05) is 0 Å². The molecule has 0 atom stereocenters. The molecule has 1 heterocycles. The molecule has 3 N–H and O–H groups in total. The first kappa shape index (κ1) is 9.59. The fourth-order valence-electron chi connectivity index (χ4n) is 0.658. The third-order valence-electron chi connectivity index (χ3n) is 1.23. The first-order chi connectivity index (χ1) is 6.09. The minimum absolute atomic E-state index is 0.208. The molecule has 0 saturated heterocycles. The van der Waals surface area contributed by atoms with Crippen molar-refractivity contribution in [1.82, 2.24) is 20.6 Å². The summed E-state index contributed by atoms with van der Waals surface area (Å²) in [5.41, 5.74) is 5.60. The highest BCUT2D eigenvalue weighted by molar-refractivity contribution is 7.71. The zero-order valence-corrected chi connectivity index (χ0v) is 8.03. The summed E-state index contributed by atoms with van der Waals surface area (Å²) in [6.07, 6.45) is 0. The van der Waals surface area contributed by atoms with Gasteiger partial charge in [0.1, 0.15) is 5.69 Å². The maximum absolute atomic E-state index is 10.6. The van der Waals surface area contributed by atoms with Gasteiger partial charge in [-0.25, -0.2) is 0 Å². The van der Waals surface area contributed by atoms with Crippen molar-refractivity contribution in [2.45, 2.75) is 13.8 Å². The van der Waals surface area contributed by atoms with Crippen molar-refractivity contribution in [2.24, 2.45) is 0 Å². The molecule has 1 rings (SSSR count). The van der Waals surface area contributed by atoms with E-state index in [0.717, 1.165) is 0 Å². The number of hydrazine groups is 1. The number of anilines is 1. The summed E-state index contributed by atoms with van der Waals surface area (Å²) in [6, 6.07) is 0. The standard InChI is InChI=1S/C6H9N5OS/c1-3-5(10-9-4(2)12)7-6(13)11-8-3/h1-2H3,(H,9,12)(H2,7,10,11,13). The Kier molecular flexibility index (Phi) is 2.91. The molecule has 0 radical (unpaired) electrons. The summed E-state index contributed by atoms with van der Waals surface area (Å²) < 4.78 is 0.262. The van der Waals surface area contributed by atoms with Gasteiger partial charge in [0.15, 0.2) is 5.82 Å². The van der Waals surface area contributed by atoms with E-state index in [1.807, 2.05) is 0 Å². The lowest BCUT2D eigenvalue weighted by Gasteiger charge is -2.06. The van der Waals surface area contributed by atoms with Crippen LogP contribution in [-0.4, -0.2) is 21.1 Å². The maximum atomic E-state index is 10.6. The topological polar surface area (TPSA) is 82.7 Å². The highest BCUT2D eigenvalue weighted by atomic mass is 32.1. The van der Waals surface area contributed by atoms with Crippen LogP contribution in [0.3, 0.4) is 0 Å². The van der Waals surface area contributed by atoms with Gasteiger partial charge in [0, 0.05) is 6.92 Å². The van der Waals surface area contributed by atoms with Crippen LogP contribution in [0.25, 0.3) is 0 Å². The number of aromatic amines is 1. The Labute approximate surface area is 79.7 Å². The van der Waals surface area contributed by atoms with Crippen LogP contribution in [0.1, 0.15) is 12.6 Å². The minimum atomic E-state index is -0.208. The second kappa shape index (κ2) is 3.94. The van der Waals surface area contributed by atoms with Gasteiger partial charge in [0.2, 0.25) is 10.7 Å². The van der Waals surface area contributed by atoms with Gasteiger partial charge in [-0.3, -0.25) is 20.7 Å². The highest BCUT2D eigenvalue weighted by Gasteiger charge is 2.00. The van der Waals surface area contributed by atoms with Crippen molar-refractivity contribution < 1.29 is 4.79 Å². The Bertz CT molecular complexity index is 374. The van der Waals surface area contributed by atoms with Gasteiger partial charge in [-0.15, -0.1) is 0 Å². The van der Waals surface area contributed by atoms with Crippen molar-refractivity contribution in [3.8, 4) is 0 Å². The van der Waals surface area contributed by atoms with E-state index in [2.05, 4.69) is 26.0 Å². The van der Waals surface area contributed by atoms with Crippen LogP contribution >= 0.6 is 12.2 Å². The normalized spacial score (nSPS) is 9.38. The van der Waals surface area contributed by atoms with Crippen LogP contribution in [0, 0.1) is 11.7 Å². The monoisotopic (exact) mass is 199 g/mol. The smallest absolute Gasteiger partial charge is 0.235 e. The molecular formula is C6H9N5OS. The molecule has 0 unspecified atom stereocenters. The number of rotatable bonds is 2. The second-order valence-electron chi connectivity index (χ2n) is 2.38. The summed E-state index contributed by atoms with van der Waals surface area (Å²) in [4.78, 5) is 14.5. The molecule has 70 valence electrons. The minimum Gasteiger partial charge on any atom is -0.280 e. The van der Waals surface area contributed by atoms with Crippen molar-refractivity contribution in [1.29, 1.82) is 0 Å². The summed E-state index contributed by atoms with van der Waals surface area (Å²) in [5.74, 6) is 0.235. The van der Waals surface area contributed by atoms with E-state index in [1.54, 1.807) is 6.92 Å². The average Bonchev–Trinajstić information content (AvgIpc) is 2.06. The van der Waals surface area contributed by atoms with Crippen molar-refractivity contribution in [3.05, 3.63) is 10.5 Å². The predicted octanol–water partition coefficient (Wildman–Crippen LogP) is 0.306. The third-order valence-corrected chi connectivity index (χ3v) is 1.41. The Morgan fingerprint density at radius 1 is 1.62 bits per heavy atom. The van der Waals surface area contributed by atoms with Gasteiger partial charge in [0.05, 0.1) is 0 Å². The van der Waals surface area contributed by atoms with Gasteiger partial charge >= 0.3 is 0 Å². The number of nitrogens with zero attached hydrogens (tertiary/aromatic N) is 2. The van der Waals surface area contributed by atoms with Gasteiger partial charge < -0.3 is 0 Å². The molecule has 0 aromatic carbocycles. The summed E-state index contributed by atoms with van der Waals surface area (Å²) >= 11 is 4.76. The van der Waals surface area contributed by atoms with E-state index < -0.39 is 0 Å². The molecular weight excluding hydrogens is 190 g/mol. The van der Waals surface area contributed by atoms with Crippen molar-refractivity contribution in [3.63, 3.8) is 0 Å². The number of nitrogens with one attached hydrogen (secondary N) is 3. The fourth-order valence-corrected chi connectivity index (χ4v) is 0.795. The third kappa shape index (κ3) is 2.79. The SMILES string of the molecule is CC(=O)NNc1nc(=S)[nH]nc1C. The molecule has 7 heteroatoms. The van der Waals surface area contributed by atoms with Crippen LogP contribution in [-0.2, 0) is 4.79 Å². The fraction of sp³-hybridized carbons (Fsp3) is 0.333.